The number of ether oxygens (including phenoxy) is 2. The van der Waals surface area contributed by atoms with E-state index in [1.807, 2.05) is 29.2 Å². The molecule has 2 heterocycles. The van der Waals surface area contributed by atoms with Crippen molar-refractivity contribution in [3.8, 4) is 11.5 Å². The Morgan fingerprint density at radius 3 is 2.35 bits per heavy atom. The van der Waals surface area contributed by atoms with E-state index < -0.39 is 0 Å². The lowest BCUT2D eigenvalue weighted by molar-refractivity contribution is -0.136. The molecule has 0 bridgehead atoms. The lowest BCUT2D eigenvalue weighted by atomic mass is 10.1. The molecule has 6 nitrogen and oxygen atoms in total. The monoisotopic (exact) mass is 318 g/mol. The third-order valence-electron chi connectivity index (χ3n) is 4.41. The van der Waals surface area contributed by atoms with E-state index in [-0.39, 0.29) is 24.0 Å². The first-order valence-corrected chi connectivity index (χ1v) is 8.04. The molecule has 2 aliphatic rings. The highest BCUT2D eigenvalue weighted by molar-refractivity contribution is 5.90. The van der Waals surface area contributed by atoms with Gasteiger partial charge in [-0.3, -0.25) is 9.59 Å². The third kappa shape index (κ3) is 3.75. The summed E-state index contributed by atoms with van der Waals surface area (Å²) >= 11 is 0. The number of methoxy groups -OCH3 is 1. The second-order valence-corrected chi connectivity index (χ2v) is 5.98. The van der Waals surface area contributed by atoms with Crippen LogP contribution in [0.3, 0.4) is 0 Å². The van der Waals surface area contributed by atoms with E-state index in [2.05, 4.69) is 5.32 Å². The molecule has 0 aromatic heterocycles. The maximum atomic E-state index is 12.3. The summed E-state index contributed by atoms with van der Waals surface area (Å²) < 4.78 is 11.1. The molecule has 124 valence electrons. The number of hydrogen-bond acceptors (Lipinski definition) is 4. The lowest BCUT2D eigenvalue weighted by Crippen LogP contribution is -2.49. The Morgan fingerprint density at radius 2 is 1.78 bits per heavy atom. The minimum Gasteiger partial charge on any atom is -0.497 e. The molecule has 0 unspecified atom stereocenters. The number of carbonyl (C=O) groups excluding carboxylic acids is 2. The molecule has 1 aromatic rings. The van der Waals surface area contributed by atoms with Crippen LogP contribution >= 0.6 is 0 Å². The zero-order chi connectivity index (χ0) is 16.2. The largest absolute Gasteiger partial charge is 0.497 e. The minimum absolute atomic E-state index is 0.0268. The van der Waals surface area contributed by atoms with Crippen molar-refractivity contribution in [2.24, 2.45) is 0 Å². The van der Waals surface area contributed by atoms with Gasteiger partial charge in [-0.15, -0.1) is 0 Å². The SMILES string of the molecule is COc1ccc(OC2CCN(C(=O)[C@H]3CCC(=O)N3)CC2)cc1. The second-order valence-electron chi connectivity index (χ2n) is 5.98. The topological polar surface area (TPSA) is 67.9 Å². The van der Waals surface area contributed by atoms with E-state index >= 15 is 0 Å². The lowest BCUT2D eigenvalue weighted by Gasteiger charge is -2.33. The number of likely N-dealkylation sites (tertiary alicyclic amines) is 1. The van der Waals surface area contributed by atoms with Crippen LogP contribution in [0.2, 0.25) is 0 Å². The van der Waals surface area contributed by atoms with Gasteiger partial charge in [0, 0.05) is 32.4 Å². The summed E-state index contributed by atoms with van der Waals surface area (Å²) in [5.74, 6) is 1.63. The highest BCUT2D eigenvalue weighted by Gasteiger charge is 2.32. The molecule has 3 rings (SSSR count). The van der Waals surface area contributed by atoms with Crippen molar-refractivity contribution in [3.63, 3.8) is 0 Å². The Balaban J connectivity index is 1.48. The fraction of sp³-hybridized carbons (Fsp3) is 0.529. The van der Waals surface area contributed by atoms with Crippen LogP contribution in [-0.2, 0) is 9.59 Å². The number of nitrogens with one attached hydrogen (secondary N) is 1. The van der Waals surface area contributed by atoms with Gasteiger partial charge in [-0.1, -0.05) is 0 Å². The molecular weight excluding hydrogens is 296 g/mol. The highest BCUT2D eigenvalue weighted by atomic mass is 16.5. The van der Waals surface area contributed by atoms with Crippen molar-refractivity contribution in [1.82, 2.24) is 10.2 Å². The smallest absolute Gasteiger partial charge is 0.245 e. The van der Waals surface area contributed by atoms with Gasteiger partial charge in [-0.2, -0.15) is 0 Å². The highest BCUT2D eigenvalue weighted by Crippen LogP contribution is 2.22. The van der Waals surface area contributed by atoms with Crippen molar-refractivity contribution in [3.05, 3.63) is 24.3 Å². The third-order valence-corrected chi connectivity index (χ3v) is 4.41. The maximum absolute atomic E-state index is 12.3. The molecule has 2 fully saturated rings. The first kappa shape index (κ1) is 15.6. The van der Waals surface area contributed by atoms with E-state index in [0.717, 1.165) is 24.3 Å². The molecule has 23 heavy (non-hydrogen) atoms. The Bertz CT molecular complexity index is 564. The summed E-state index contributed by atoms with van der Waals surface area (Å²) in [5, 5.41) is 2.74. The van der Waals surface area contributed by atoms with Gasteiger partial charge in [0.15, 0.2) is 0 Å². The van der Waals surface area contributed by atoms with Crippen LogP contribution < -0.4 is 14.8 Å². The Morgan fingerprint density at radius 1 is 1.13 bits per heavy atom. The Kier molecular flexibility index (Phi) is 4.69. The average Bonchev–Trinajstić information content (AvgIpc) is 3.02. The first-order valence-electron chi connectivity index (χ1n) is 8.04. The molecule has 1 N–H and O–H groups in total. The average molecular weight is 318 g/mol. The van der Waals surface area contributed by atoms with Gasteiger partial charge in [0.05, 0.1) is 7.11 Å². The fourth-order valence-electron chi connectivity index (χ4n) is 3.06. The van der Waals surface area contributed by atoms with Crippen LogP contribution in [0.4, 0.5) is 0 Å². The van der Waals surface area contributed by atoms with Gasteiger partial charge >= 0.3 is 0 Å². The van der Waals surface area contributed by atoms with E-state index in [9.17, 15) is 9.59 Å². The molecule has 1 aromatic carbocycles. The van der Waals surface area contributed by atoms with Crippen LogP contribution in [-0.4, -0.2) is 49.1 Å². The summed E-state index contributed by atoms with van der Waals surface area (Å²) in [5.41, 5.74) is 0. The van der Waals surface area contributed by atoms with Crippen LogP contribution in [0, 0.1) is 0 Å². The zero-order valence-corrected chi connectivity index (χ0v) is 13.3. The number of benzene rings is 1. The van der Waals surface area contributed by atoms with Crippen LogP contribution in [0.15, 0.2) is 24.3 Å². The van der Waals surface area contributed by atoms with E-state index in [4.69, 9.17) is 9.47 Å². The van der Waals surface area contributed by atoms with Gasteiger partial charge < -0.3 is 19.7 Å². The van der Waals surface area contributed by atoms with Gasteiger partial charge in [0.2, 0.25) is 11.8 Å². The van der Waals surface area contributed by atoms with Crippen molar-refractivity contribution >= 4 is 11.8 Å². The second kappa shape index (κ2) is 6.89. The number of piperidine rings is 1. The van der Waals surface area contributed by atoms with Crippen molar-refractivity contribution < 1.29 is 19.1 Å². The Hall–Kier alpha value is -2.24. The van der Waals surface area contributed by atoms with Gasteiger partial charge in [0.25, 0.3) is 0 Å². The fourth-order valence-corrected chi connectivity index (χ4v) is 3.06. The van der Waals surface area contributed by atoms with Crippen LogP contribution in [0.25, 0.3) is 0 Å². The summed E-state index contributed by atoms with van der Waals surface area (Å²) in [6.45, 7) is 1.35. The number of amides is 2. The van der Waals surface area contributed by atoms with Crippen molar-refractivity contribution in [1.29, 1.82) is 0 Å². The number of rotatable bonds is 4. The first-order chi connectivity index (χ1) is 11.2. The zero-order valence-electron chi connectivity index (χ0n) is 13.3. The van der Waals surface area contributed by atoms with E-state index in [1.54, 1.807) is 7.11 Å². The summed E-state index contributed by atoms with van der Waals surface area (Å²) in [4.78, 5) is 25.4. The number of hydrogen-bond donors (Lipinski definition) is 1. The maximum Gasteiger partial charge on any atom is 0.245 e. The normalized spacial score (nSPS) is 21.9. The molecule has 0 spiro atoms. The van der Waals surface area contributed by atoms with Gasteiger partial charge in [-0.25, -0.2) is 0 Å². The van der Waals surface area contributed by atoms with Crippen molar-refractivity contribution in [2.45, 2.75) is 37.8 Å². The summed E-state index contributed by atoms with van der Waals surface area (Å²) in [7, 11) is 1.63. The minimum atomic E-state index is -0.332. The molecule has 1 atom stereocenters. The molecule has 0 radical (unpaired) electrons. The predicted molar refractivity (Wildman–Crippen MR) is 84.4 cm³/mol. The molecule has 2 aliphatic heterocycles. The molecular formula is C17H22N2O4. The summed E-state index contributed by atoms with van der Waals surface area (Å²) in [6, 6.07) is 7.20. The van der Waals surface area contributed by atoms with Gasteiger partial charge in [0.1, 0.15) is 23.6 Å². The quantitative estimate of drug-likeness (QED) is 0.910. The summed E-state index contributed by atoms with van der Waals surface area (Å²) in [6.07, 6.45) is 2.79. The van der Waals surface area contributed by atoms with E-state index in [0.29, 0.717) is 25.9 Å². The number of carbonyl (C=O) groups is 2. The molecule has 6 heteroatoms. The molecule has 2 amide bonds. The van der Waals surface area contributed by atoms with Crippen molar-refractivity contribution in [2.75, 3.05) is 20.2 Å². The number of nitrogens with zero attached hydrogens (tertiary/aromatic N) is 1. The van der Waals surface area contributed by atoms with Crippen LogP contribution in [0.5, 0.6) is 11.5 Å². The Labute approximate surface area is 135 Å². The van der Waals surface area contributed by atoms with Gasteiger partial charge in [-0.05, 0) is 30.7 Å². The molecule has 0 saturated carbocycles. The van der Waals surface area contributed by atoms with E-state index in [1.165, 1.54) is 0 Å². The van der Waals surface area contributed by atoms with Crippen LogP contribution in [0.1, 0.15) is 25.7 Å². The molecule has 0 aliphatic carbocycles. The standard InChI is InChI=1S/C17H22N2O4/c1-22-12-2-4-13(5-3-12)23-14-8-10-19(11-9-14)17(21)15-6-7-16(20)18-15/h2-5,14-15H,6-11H2,1H3,(H,18,20)/t15-/m1/s1. The predicted octanol–water partition coefficient (Wildman–Crippen LogP) is 1.34. The molecule has 2 saturated heterocycles.